The quantitative estimate of drug-likeness (QED) is 0.724. The Balaban J connectivity index is 3.17. The molecule has 0 aliphatic carbocycles. The van der Waals surface area contributed by atoms with Crippen molar-refractivity contribution >= 4 is 5.97 Å². The molecule has 0 aromatic heterocycles. The maximum absolute atomic E-state index is 12.7. The van der Waals surface area contributed by atoms with Crippen LogP contribution in [0, 0.1) is 5.82 Å². The van der Waals surface area contributed by atoms with E-state index in [4.69, 9.17) is 5.11 Å². The molecule has 0 saturated carbocycles. The summed E-state index contributed by atoms with van der Waals surface area (Å²) in [4.78, 5) is 10.6. The highest BCUT2D eigenvalue weighted by Crippen LogP contribution is 2.12. The molecule has 0 amide bonds. The largest absolute Gasteiger partial charge is 0.478 e. The van der Waals surface area contributed by atoms with Crippen LogP contribution in [0.2, 0.25) is 0 Å². The minimum atomic E-state index is -1.11. The van der Waals surface area contributed by atoms with E-state index in [1.807, 2.05) is 0 Å². The Bertz CT molecular complexity index is 345. The molecule has 3 heteroatoms. The van der Waals surface area contributed by atoms with Crippen molar-refractivity contribution in [2.45, 2.75) is 6.42 Å². The summed E-state index contributed by atoms with van der Waals surface area (Å²) in [6.07, 6.45) is 2.02. The van der Waals surface area contributed by atoms with Crippen molar-refractivity contribution in [2.75, 3.05) is 0 Å². The van der Waals surface area contributed by atoms with E-state index >= 15 is 0 Å². The first-order chi connectivity index (χ1) is 6.15. The van der Waals surface area contributed by atoms with E-state index in [1.165, 1.54) is 12.1 Å². The second kappa shape index (κ2) is 3.85. The molecule has 1 rings (SSSR count). The number of carbonyl (C=O) groups is 1. The van der Waals surface area contributed by atoms with Gasteiger partial charge in [0.15, 0.2) is 0 Å². The Morgan fingerprint density at radius 1 is 1.62 bits per heavy atom. The first-order valence-electron chi connectivity index (χ1n) is 3.77. The fourth-order valence-electron chi connectivity index (χ4n) is 1.08. The van der Waals surface area contributed by atoms with Crippen LogP contribution in [-0.4, -0.2) is 11.1 Å². The molecule has 0 bridgehead atoms. The zero-order valence-electron chi connectivity index (χ0n) is 6.96. The van der Waals surface area contributed by atoms with Gasteiger partial charge in [-0.25, -0.2) is 9.18 Å². The molecule has 0 atom stereocenters. The van der Waals surface area contributed by atoms with Crippen LogP contribution >= 0.6 is 0 Å². The molecule has 1 aromatic rings. The SMILES string of the molecule is C=CCc1ccc(F)cc1C(=O)O. The van der Waals surface area contributed by atoms with Gasteiger partial charge < -0.3 is 5.11 Å². The average molecular weight is 180 g/mol. The molecule has 1 N–H and O–H groups in total. The smallest absolute Gasteiger partial charge is 0.336 e. The fraction of sp³-hybridized carbons (Fsp3) is 0.100. The number of rotatable bonds is 3. The van der Waals surface area contributed by atoms with Crippen molar-refractivity contribution in [3.63, 3.8) is 0 Å². The van der Waals surface area contributed by atoms with Crippen LogP contribution in [0.15, 0.2) is 30.9 Å². The molecule has 13 heavy (non-hydrogen) atoms. The van der Waals surface area contributed by atoms with Crippen LogP contribution in [0.5, 0.6) is 0 Å². The van der Waals surface area contributed by atoms with Crippen molar-refractivity contribution in [1.29, 1.82) is 0 Å². The molecule has 0 saturated heterocycles. The number of aromatic carboxylic acids is 1. The summed E-state index contributed by atoms with van der Waals surface area (Å²) < 4.78 is 12.7. The number of halogens is 1. The van der Waals surface area contributed by atoms with E-state index in [0.717, 1.165) is 6.07 Å². The summed E-state index contributed by atoms with van der Waals surface area (Å²) in [7, 11) is 0. The topological polar surface area (TPSA) is 37.3 Å². The van der Waals surface area contributed by atoms with E-state index in [-0.39, 0.29) is 5.56 Å². The average Bonchev–Trinajstić information content (AvgIpc) is 2.08. The van der Waals surface area contributed by atoms with Gasteiger partial charge in [-0.05, 0) is 24.1 Å². The van der Waals surface area contributed by atoms with Crippen LogP contribution in [0.25, 0.3) is 0 Å². The van der Waals surface area contributed by atoms with E-state index < -0.39 is 11.8 Å². The molecule has 0 fully saturated rings. The maximum Gasteiger partial charge on any atom is 0.336 e. The molecule has 1 aromatic carbocycles. The van der Waals surface area contributed by atoms with Crippen molar-refractivity contribution in [3.8, 4) is 0 Å². The van der Waals surface area contributed by atoms with Gasteiger partial charge >= 0.3 is 5.97 Å². The van der Waals surface area contributed by atoms with Gasteiger partial charge in [0.05, 0.1) is 5.56 Å². The van der Waals surface area contributed by atoms with Gasteiger partial charge in [0, 0.05) is 0 Å². The van der Waals surface area contributed by atoms with E-state index in [9.17, 15) is 9.18 Å². The Labute approximate surface area is 75.3 Å². The number of hydrogen-bond donors (Lipinski definition) is 1. The lowest BCUT2D eigenvalue weighted by atomic mass is 10.0. The normalized spacial score (nSPS) is 9.62. The van der Waals surface area contributed by atoms with Crippen molar-refractivity contribution < 1.29 is 14.3 Å². The van der Waals surface area contributed by atoms with Gasteiger partial charge in [0.2, 0.25) is 0 Å². The minimum Gasteiger partial charge on any atom is -0.478 e. The molecular formula is C10H9FO2. The number of carboxylic acid groups (broad SMARTS) is 1. The monoisotopic (exact) mass is 180 g/mol. The predicted molar refractivity (Wildman–Crippen MR) is 47.3 cm³/mol. The second-order valence-corrected chi connectivity index (χ2v) is 2.60. The summed E-state index contributed by atoms with van der Waals surface area (Å²) in [6.45, 7) is 3.49. The lowest BCUT2D eigenvalue weighted by Crippen LogP contribution is -2.02. The summed E-state index contributed by atoms with van der Waals surface area (Å²) in [5, 5.41) is 8.72. The van der Waals surface area contributed by atoms with Gasteiger partial charge in [-0.2, -0.15) is 0 Å². The molecule has 0 aliphatic heterocycles. The number of benzene rings is 1. The van der Waals surface area contributed by atoms with Crippen LogP contribution < -0.4 is 0 Å². The predicted octanol–water partition coefficient (Wildman–Crippen LogP) is 2.25. The Morgan fingerprint density at radius 3 is 2.85 bits per heavy atom. The van der Waals surface area contributed by atoms with Crippen molar-refractivity contribution in [1.82, 2.24) is 0 Å². The molecule has 0 aliphatic rings. The van der Waals surface area contributed by atoms with E-state index in [0.29, 0.717) is 12.0 Å². The Hall–Kier alpha value is -1.64. The zero-order valence-corrected chi connectivity index (χ0v) is 6.96. The van der Waals surface area contributed by atoms with Crippen LogP contribution in [0.3, 0.4) is 0 Å². The lowest BCUT2D eigenvalue weighted by molar-refractivity contribution is 0.0695. The summed E-state index contributed by atoms with van der Waals surface area (Å²) in [5.41, 5.74) is 0.573. The van der Waals surface area contributed by atoms with Crippen LogP contribution in [0.4, 0.5) is 4.39 Å². The molecule has 0 spiro atoms. The highest BCUT2D eigenvalue weighted by molar-refractivity contribution is 5.89. The fourth-order valence-corrected chi connectivity index (χ4v) is 1.08. The van der Waals surface area contributed by atoms with Gasteiger partial charge in [-0.1, -0.05) is 12.1 Å². The standard InChI is InChI=1S/C10H9FO2/c1-2-3-7-4-5-8(11)6-9(7)10(12)13/h2,4-6H,1,3H2,(H,12,13). The minimum absolute atomic E-state index is 0.0000926. The molecule has 0 radical (unpaired) electrons. The van der Waals surface area contributed by atoms with Crippen LogP contribution in [-0.2, 0) is 6.42 Å². The summed E-state index contributed by atoms with van der Waals surface area (Å²) >= 11 is 0. The van der Waals surface area contributed by atoms with Crippen molar-refractivity contribution in [3.05, 3.63) is 47.8 Å². The molecule has 68 valence electrons. The Kier molecular flexibility index (Phi) is 2.80. The molecule has 2 nitrogen and oxygen atoms in total. The van der Waals surface area contributed by atoms with E-state index in [2.05, 4.69) is 6.58 Å². The number of hydrogen-bond acceptors (Lipinski definition) is 1. The van der Waals surface area contributed by atoms with Gasteiger partial charge in [-0.15, -0.1) is 6.58 Å². The molecule has 0 unspecified atom stereocenters. The molecular weight excluding hydrogens is 171 g/mol. The number of carboxylic acids is 1. The van der Waals surface area contributed by atoms with Gasteiger partial charge in [0.25, 0.3) is 0 Å². The molecule has 0 heterocycles. The highest BCUT2D eigenvalue weighted by atomic mass is 19.1. The van der Waals surface area contributed by atoms with Crippen LogP contribution in [0.1, 0.15) is 15.9 Å². The third-order valence-corrected chi connectivity index (χ3v) is 1.67. The maximum atomic E-state index is 12.7. The second-order valence-electron chi connectivity index (χ2n) is 2.60. The third kappa shape index (κ3) is 2.15. The summed E-state index contributed by atoms with van der Waals surface area (Å²) in [5.74, 6) is -1.65. The first kappa shape index (κ1) is 9.45. The Morgan fingerprint density at radius 2 is 2.31 bits per heavy atom. The lowest BCUT2D eigenvalue weighted by Gasteiger charge is -2.02. The number of allylic oxidation sites excluding steroid dienone is 1. The highest BCUT2D eigenvalue weighted by Gasteiger charge is 2.09. The van der Waals surface area contributed by atoms with Gasteiger partial charge in [-0.3, -0.25) is 0 Å². The third-order valence-electron chi connectivity index (χ3n) is 1.67. The van der Waals surface area contributed by atoms with Gasteiger partial charge in [0.1, 0.15) is 5.82 Å². The van der Waals surface area contributed by atoms with Crippen molar-refractivity contribution in [2.24, 2.45) is 0 Å². The van der Waals surface area contributed by atoms with E-state index in [1.54, 1.807) is 6.08 Å². The first-order valence-corrected chi connectivity index (χ1v) is 3.77. The summed E-state index contributed by atoms with van der Waals surface area (Å²) in [6, 6.07) is 3.72. The zero-order chi connectivity index (χ0) is 9.84.